The molecule has 0 radical (unpaired) electrons. The highest BCUT2D eigenvalue weighted by Crippen LogP contribution is 2.02. The zero-order chi connectivity index (χ0) is 13.4. The molecule has 0 saturated carbocycles. The fourth-order valence-corrected chi connectivity index (χ4v) is 1.65. The maximum absolute atomic E-state index is 11.8. The molecule has 0 aliphatic carbocycles. The minimum absolute atomic E-state index is 0.0146. The van der Waals surface area contributed by atoms with Gasteiger partial charge in [-0.1, -0.05) is 30.3 Å². The van der Waals surface area contributed by atoms with E-state index in [1.165, 1.54) is 0 Å². The lowest BCUT2D eigenvalue weighted by Crippen LogP contribution is -2.46. The Balaban J connectivity index is 2.37. The van der Waals surface area contributed by atoms with Gasteiger partial charge in [-0.25, -0.2) is 0 Å². The molecule has 0 saturated heterocycles. The van der Waals surface area contributed by atoms with Crippen molar-refractivity contribution in [2.24, 2.45) is 5.73 Å². The van der Waals surface area contributed by atoms with Gasteiger partial charge in [-0.3, -0.25) is 4.79 Å². The molecule has 0 bridgehead atoms. The van der Waals surface area contributed by atoms with Crippen molar-refractivity contribution in [2.75, 3.05) is 13.2 Å². The molecule has 1 amide bonds. The standard InChI is InChI=1S/C14H22N2O2/c1-3-18-10-11(2)16-14(17)13(15)9-12-7-5-4-6-8-12/h4-8,11,13H,3,9-10,15H2,1-2H3,(H,16,17)/t11?,13-/m0/s1. The molecule has 18 heavy (non-hydrogen) atoms. The summed E-state index contributed by atoms with van der Waals surface area (Å²) in [6, 6.07) is 9.23. The van der Waals surface area contributed by atoms with Crippen LogP contribution in [0.5, 0.6) is 0 Å². The molecular formula is C14H22N2O2. The van der Waals surface area contributed by atoms with E-state index in [0.717, 1.165) is 5.56 Å². The highest BCUT2D eigenvalue weighted by atomic mass is 16.5. The van der Waals surface area contributed by atoms with E-state index in [1.807, 2.05) is 44.2 Å². The predicted molar refractivity (Wildman–Crippen MR) is 72.2 cm³/mol. The van der Waals surface area contributed by atoms with E-state index in [2.05, 4.69) is 5.32 Å². The van der Waals surface area contributed by atoms with Crippen LogP contribution >= 0.6 is 0 Å². The molecule has 0 heterocycles. The van der Waals surface area contributed by atoms with E-state index in [9.17, 15) is 4.79 Å². The van der Waals surface area contributed by atoms with Crippen LogP contribution < -0.4 is 11.1 Å². The van der Waals surface area contributed by atoms with Gasteiger partial charge in [-0.05, 0) is 25.8 Å². The van der Waals surface area contributed by atoms with Crippen LogP contribution in [0.3, 0.4) is 0 Å². The van der Waals surface area contributed by atoms with Gasteiger partial charge in [0.1, 0.15) is 0 Å². The van der Waals surface area contributed by atoms with Gasteiger partial charge in [-0.15, -0.1) is 0 Å². The SMILES string of the molecule is CCOCC(C)NC(=O)[C@@H](N)Cc1ccccc1. The lowest BCUT2D eigenvalue weighted by molar-refractivity contribution is -0.123. The summed E-state index contributed by atoms with van der Waals surface area (Å²) in [5, 5.41) is 2.85. The Bertz CT molecular complexity index is 354. The third-order valence-electron chi connectivity index (χ3n) is 2.60. The molecule has 1 aromatic rings. The van der Waals surface area contributed by atoms with Crippen LogP contribution in [0.1, 0.15) is 19.4 Å². The average Bonchev–Trinajstić information content (AvgIpc) is 2.37. The fourth-order valence-electron chi connectivity index (χ4n) is 1.65. The van der Waals surface area contributed by atoms with E-state index < -0.39 is 6.04 Å². The third-order valence-corrected chi connectivity index (χ3v) is 2.60. The second-order valence-electron chi connectivity index (χ2n) is 4.37. The number of nitrogens with one attached hydrogen (secondary N) is 1. The molecule has 1 unspecified atom stereocenters. The quantitative estimate of drug-likeness (QED) is 0.761. The van der Waals surface area contributed by atoms with E-state index in [1.54, 1.807) is 0 Å². The molecule has 1 rings (SSSR count). The first kappa shape index (κ1) is 14.7. The van der Waals surface area contributed by atoms with Gasteiger partial charge in [0.15, 0.2) is 0 Å². The van der Waals surface area contributed by atoms with Crippen molar-refractivity contribution in [3.8, 4) is 0 Å². The van der Waals surface area contributed by atoms with Crippen LogP contribution in [0, 0.1) is 0 Å². The summed E-state index contributed by atoms with van der Waals surface area (Å²) in [5.41, 5.74) is 6.94. The van der Waals surface area contributed by atoms with Crippen molar-refractivity contribution in [3.05, 3.63) is 35.9 Å². The highest BCUT2D eigenvalue weighted by Gasteiger charge is 2.15. The third kappa shape index (κ3) is 5.29. The Morgan fingerprint density at radius 2 is 2.06 bits per heavy atom. The van der Waals surface area contributed by atoms with Crippen LogP contribution in [0.4, 0.5) is 0 Å². The van der Waals surface area contributed by atoms with E-state index >= 15 is 0 Å². The highest BCUT2D eigenvalue weighted by molar-refractivity contribution is 5.82. The monoisotopic (exact) mass is 250 g/mol. The van der Waals surface area contributed by atoms with Gasteiger partial charge in [-0.2, -0.15) is 0 Å². The molecule has 1 aromatic carbocycles. The molecule has 0 aliphatic heterocycles. The van der Waals surface area contributed by atoms with Crippen molar-refractivity contribution < 1.29 is 9.53 Å². The maximum atomic E-state index is 11.8. The number of nitrogens with two attached hydrogens (primary N) is 1. The normalized spacial score (nSPS) is 13.9. The predicted octanol–water partition coefficient (Wildman–Crippen LogP) is 1.10. The zero-order valence-electron chi connectivity index (χ0n) is 11.1. The van der Waals surface area contributed by atoms with Gasteiger partial charge >= 0.3 is 0 Å². The second-order valence-corrected chi connectivity index (χ2v) is 4.37. The van der Waals surface area contributed by atoms with Crippen molar-refractivity contribution in [3.63, 3.8) is 0 Å². The second kappa shape index (κ2) is 7.84. The Hall–Kier alpha value is -1.39. The molecule has 4 nitrogen and oxygen atoms in total. The van der Waals surface area contributed by atoms with Crippen LogP contribution in [-0.4, -0.2) is 31.2 Å². The number of rotatable bonds is 7. The summed E-state index contributed by atoms with van der Waals surface area (Å²) in [5.74, 6) is -0.133. The topological polar surface area (TPSA) is 64.3 Å². The van der Waals surface area contributed by atoms with Gasteiger partial charge in [0.25, 0.3) is 0 Å². The first-order valence-corrected chi connectivity index (χ1v) is 6.31. The number of hydrogen-bond donors (Lipinski definition) is 2. The first-order valence-electron chi connectivity index (χ1n) is 6.31. The molecule has 100 valence electrons. The number of carbonyl (C=O) groups excluding carboxylic acids is 1. The van der Waals surface area contributed by atoms with Crippen molar-refractivity contribution >= 4 is 5.91 Å². The smallest absolute Gasteiger partial charge is 0.237 e. The van der Waals surface area contributed by atoms with Crippen LogP contribution in [0.25, 0.3) is 0 Å². The van der Waals surface area contributed by atoms with Gasteiger partial charge in [0.05, 0.1) is 12.6 Å². The average molecular weight is 250 g/mol. The van der Waals surface area contributed by atoms with Crippen LogP contribution in [-0.2, 0) is 16.0 Å². The lowest BCUT2D eigenvalue weighted by Gasteiger charge is -2.17. The summed E-state index contributed by atoms with van der Waals surface area (Å²) in [4.78, 5) is 11.8. The summed E-state index contributed by atoms with van der Waals surface area (Å²) >= 11 is 0. The van der Waals surface area contributed by atoms with E-state index in [4.69, 9.17) is 10.5 Å². The number of ether oxygens (including phenoxy) is 1. The van der Waals surface area contributed by atoms with Gasteiger partial charge in [0, 0.05) is 12.6 Å². The van der Waals surface area contributed by atoms with Gasteiger partial charge in [0.2, 0.25) is 5.91 Å². The maximum Gasteiger partial charge on any atom is 0.237 e. The number of carbonyl (C=O) groups is 1. The van der Waals surface area contributed by atoms with Crippen LogP contribution in [0.2, 0.25) is 0 Å². The summed E-state index contributed by atoms with van der Waals surface area (Å²) in [6.45, 7) is 5.00. The Kier molecular flexibility index (Phi) is 6.39. The molecule has 0 spiro atoms. The molecule has 3 N–H and O–H groups in total. The molecule has 0 aliphatic rings. The summed E-state index contributed by atoms with van der Waals surface area (Å²) in [6.07, 6.45) is 0.550. The Morgan fingerprint density at radius 1 is 1.39 bits per heavy atom. The largest absolute Gasteiger partial charge is 0.380 e. The number of amides is 1. The van der Waals surface area contributed by atoms with Crippen LogP contribution in [0.15, 0.2) is 30.3 Å². The minimum Gasteiger partial charge on any atom is -0.380 e. The Morgan fingerprint density at radius 3 is 2.67 bits per heavy atom. The molecular weight excluding hydrogens is 228 g/mol. The zero-order valence-corrected chi connectivity index (χ0v) is 11.1. The summed E-state index contributed by atoms with van der Waals surface area (Å²) in [7, 11) is 0. The van der Waals surface area contributed by atoms with Crippen molar-refractivity contribution in [2.45, 2.75) is 32.4 Å². The minimum atomic E-state index is -0.517. The molecule has 2 atom stereocenters. The first-order chi connectivity index (χ1) is 8.63. The molecule has 4 heteroatoms. The Labute approximate surface area is 109 Å². The van der Waals surface area contributed by atoms with E-state index in [-0.39, 0.29) is 11.9 Å². The van der Waals surface area contributed by atoms with Gasteiger partial charge < -0.3 is 15.8 Å². The molecule has 0 fully saturated rings. The van der Waals surface area contributed by atoms with Crippen molar-refractivity contribution in [1.29, 1.82) is 0 Å². The van der Waals surface area contributed by atoms with E-state index in [0.29, 0.717) is 19.6 Å². The van der Waals surface area contributed by atoms with Crippen molar-refractivity contribution in [1.82, 2.24) is 5.32 Å². The summed E-state index contributed by atoms with van der Waals surface area (Å²) < 4.78 is 5.24. The lowest BCUT2D eigenvalue weighted by atomic mass is 10.1. The number of benzene rings is 1. The molecule has 0 aromatic heterocycles. The number of hydrogen-bond acceptors (Lipinski definition) is 3. The fraction of sp³-hybridized carbons (Fsp3) is 0.500.